The summed E-state index contributed by atoms with van der Waals surface area (Å²) in [6.07, 6.45) is 2.78. The summed E-state index contributed by atoms with van der Waals surface area (Å²) >= 11 is 0. The number of carbonyl (C=O) groups is 1. The highest BCUT2D eigenvalue weighted by molar-refractivity contribution is 5.97. The van der Waals surface area contributed by atoms with Crippen molar-refractivity contribution in [2.45, 2.75) is 26.8 Å². The number of fused-ring (bicyclic) bond motifs is 1. The first-order valence-corrected chi connectivity index (χ1v) is 9.55. The number of amides is 1. The SMILES string of the molecule is CCc1ccccc1-n1cnc2cc(C(=O)NCc3ccc(C)cc3)ccc21. The minimum absolute atomic E-state index is 0.0917. The van der Waals surface area contributed by atoms with Crippen LogP contribution in [0.5, 0.6) is 0 Å². The van der Waals surface area contributed by atoms with Crippen molar-refractivity contribution in [3.8, 4) is 5.69 Å². The van der Waals surface area contributed by atoms with E-state index in [1.54, 1.807) is 0 Å². The summed E-state index contributed by atoms with van der Waals surface area (Å²) < 4.78 is 2.09. The molecule has 4 rings (SSSR count). The predicted molar refractivity (Wildman–Crippen MR) is 113 cm³/mol. The fourth-order valence-electron chi connectivity index (χ4n) is 3.38. The Labute approximate surface area is 164 Å². The fraction of sp³-hybridized carbons (Fsp3) is 0.167. The van der Waals surface area contributed by atoms with E-state index in [-0.39, 0.29) is 5.91 Å². The second kappa shape index (κ2) is 7.69. The van der Waals surface area contributed by atoms with Gasteiger partial charge >= 0.3 is 0 Å². The molecule has 4 heteroatoms. The molecule has 0 atom stereocenters. The summed E-state index contributed by atoms with van der Waals surface area (Å²) in [7, 11) is 0. The summed E-state index contributed by atoms with van der Waals surface area (Å²) in [6.45, 7) is 4.71. The van der Waals surface area contributed by atoms with Crippen LogP contribution >= 0.6 is 0 Å². The highest BCUT2D eigenvalue weighted by Crippen LogP contribution is 2.22. The Morgan fingerprint density at radius 3 is 2.61 bits per heavy atom. The van der Waals surface area contributed by atoms with Crippen LogP contribution in [0.4, 0.5) is 0 Å². The van der Waals surface area contributed by atoms with Crippen LogP contribution in [-0.4, -0.2) is 15.5 Å². The van der Waals surface area contributed by atoms with Gasteiger partial charge in [-0.25, -0.2) is 4.98 Å². The number of para-hydroxylation sites is 1. The first-order valence-electron chi connectivity index (χ1n) is 9.55. The number of benzene rings is 3. The molecule has 0 saturated heterocycles. The van der Waals surface area contributed by atoms with E-state index in [9.17, 15) is 4.79 Å². The number of aromatic nitrogens is 2. The third-order valence-corrected chi connectivity index (χ3v) is 5.02. The molecule has 140 valence electrons. The Hall–Kier alpha value is -3.40. The molecule has 1 amide bonds. The maximum absolute atomic E-state index is 12.6. The molecule has 28 heavy (non-hydrogen) atoms. The van der Waals surface area contributed by atoms with E-state index in [1.165, 1.54) is 11.1 Å². The quantitative estimate of drug-likeness (QED) is 0.548. The van der Waals surface area contributed by atoms with E-state index in [1.807, 2.05) is 54.9 Å². The molecular weight excluding hydrogens is 346 g/mol. The molecule has 0 bridgehead atoms. The van der Waals surface area contributed by atoms with E-state index in [0.29, 0.717) is 12.1 Å². The van der Waals surface area contributed by atoms with Crippen LogP contribution in [0.25, 0.3) is 16.7 Å². The molecule has 4 aromatic rings. The van der Waals surface area contributed by atoms with Gasteiger partial charge in [0.15, 0.2) is 0 Å². The Bertz CT molecular complexity index is 1130. The van der Waals surface area contributed by atoms with Crippen LogP contribution in [0.15, 0.2) is 73.1 Å². The Morgan fingerprint density at radius 2 is 1.82 bits per heavy atom. The standard InChI is InChI=1S/C24H23N3O/c1-3-19-6-4-5-7-22(19)27-16-26-21-14-20(12-13-23(21)27)24(28)25-15-18-10-8-17(2)9-11-18/h4-14,16H,3,15H2,1-2H3,(H,25,28). The highest BCUT2D eigenvalue weighted by atomic mass is 16.1. The van der Waals surface area contributed by atoms with Crippen molar-refractivity contribution in [3.63, 3.8) is 0 Å². The van der Waals surface area contributed by atoms with E-state index in [0.717, 1.165) is 28.7 Å². The number of aryl methyl sites for hydroxylation is 2. The van der Waals surface area contributed by atoms with Crippen molar-refractivity contribution in [2.75, 3.05) is 0 Å². The largest absolute Gasteiger partial charge is 0.348 e. The molecule has 0 aliphatic carbocycles. The van der Waals surface area contributed by atoms with E-state index in [4.69, 9.17) is 0 Å². The van der Waals surface area contributed by atoms with Crippen LogP contribution in [0, 0.1) is 6.92 Å². The molecule has 0 saturated carbocycles. The lowest BCUT2D eigenvalue weighted by Gasteiger charge is -2.10. The summed E-state index contributed by atoms with van der Waals surface area (Å²) in [4.78, 5) is 17.1. The molecule has 0 unspecified atom stereocenters. The van der Waals surface area contributed by atoms with Crippen LogP contribution in [0.3, 0.4) is 0 Å². The number of rotatable bonds is 5. The van der Waals surface area contributed by atoms with Crippen molar-refractivity contribution in [2.24, 2.45) is 0 Å². The maximum atomic E-state index is 12.6. The van der Waals surface area contributed by atoms with Gasteiger partial charge < -0.3 is 5.32 Å². The second-order valence-corrected chi connectivity index (χ2v) is 6.97. The first kappa shape index (κ1) is 18.0. The Balaban J connectivity index is 1.57. The zero-order chi connectivity index (χ0) is 19.5. The number of nitrogens with one attached hydrogen (secondary N) is 1. The fourth-order valence-corrected chi connectivity index (χ4v) is 3.38. The topological polar surface area (TPSA) is 46.9 Å². The lowest BCUT2D eigenvalue weighted by atomic mass is 10.1. The van der Waals surface area contributed by atoms with E-state index in [2.05, 4.69) is 46.9 Å². The normalized spacial score (nSPS) is 10.9. The zero-order valence-corrected chi connectivity index (χ0v) is 16.1. The van der Waals surface area contributed by atoms with Crippen LogP contribution in [0.1, 0.15) is 34.0 Å². The molecule has 0 spiro atoms. The molecule has 4 nitrogen and oxygen atoms in total. The van der Waals surface area contributed by atoms with Gasteiger partial charge in [0.1, 0.15) is 6.33 Å². The summed E-state index contributed by atoms with van der Waals surface area (Å²) in [5.74, 6) is -0.0917. The average Bonchev–Trinajstić information content (AvgIpc) is 3.16. The third-order valence-electron chi connectivity index (χ3n) is 5.02. The van der Waals surface area contributed by atoms with Crippen LogP contribution in [0.2, 0.25) is 0 Å². The Morgan fingerprint density at radius 1 is 1.04 bits per heavy atom. The maximum Gasteiger partial charge on any atom is 0.251 e. The highest BCUT2D eigenvalue weighted by Gasteiger charge is 2.11. The van der Waals surface area contributed by atoms with E-state index < -0.39 is 0 Å². The first-order chi connectivity index (χ1) is 13.7. The van der Waals surface area contributed by atoms with Gasteiger partial charge in [0, 0.05) is 12.1 Å². The summed E-state index contributed by atoms with van der Waals surface area (Å²) in [5.41, 5.74) is 7.12. The van der Waals surface area contributed by atoms with Gasteiger partial charge in [-0.15, -0.1) is 0 Å². The average molecular weight is 369 g/mol. The summed E-state index contributed by atoms with van der Waals surface area (Å²) in [6, 6.07) is 22.2. The van der Waals surface area contributed by atoms with E-state index >= 15 is 0 Å². The van der Waals surface area contributed by atoms with Gasteiger partial charge in [0.2, 0.25) is 0 Å². The van der Waals surface area contributed by atoms with Gasteiger partial charge in [-0.05, 0) is 48.7 Å². The van der Waals surface area contributed by atoms with Crippen LogP contribution in [-0.2, 0) is 13.0 Å². The molecule has 0 radical (unpaired) electrons. The summed E-state index contributed by atoms with van der Waals surface area (Å²) in [5, 5.41) is 2.98. The number of hydrogen-bond donors (Lipinski definition) is 1. The lowest BCUT2D eigenvalue weighted by Crippen LogP contribution is -2.22. The van der Waals surface area contributed by atoms with Gasteiger partial charge in [0.25, 0.3) is 5.91 Å². The molecule has 0 fully saturated rings. The van der Waals surface area contributed by atoms with Gasteiger partial charge in [-0.1, -0.05) is 55.0 Å². The molecule has 0 aliphatic rings. The van der Waals surface area contributed by atoms with Crippen molar-refractivity contribution in [1.82, 2.24) is 14.9 Å². The minimum atomic E-state index is -0.0917. The zero-order valence-electron chi connectivity index (χ0n) is 16.1. The smallest absolute Gasteiger partial charge is 0.251 e. The molecule has 1 aromatic heterocycles. The molecule has 1 N–H and O–H groups in total. The van der Waals surface area contributed by atoms with Gasteiger partial charge in [0.05, 0.1) is 16.7 Å². The number of carbonyl (C=O) groups excluding carboxylic acids is 1. The predicted octanol–water partition coefficient (Wildman–Crippen LogP) is 4.83. The second-order valence-electron chi connectivity index (χ2n) is 6.97. The van der Waals surface area contributed by atoms with Crippen molar-refractivity contribution in [3.05, 3.63) is 95.3 Å². The Kier molecular flexibility index (Phi) is 4.94. The molecule has 3 aromatic carbocycles. The number of imidazole rings is 1. The molecular formula is C24H23N3O. The third kappa shape index (κ3) is 3.54. The van der Waals surface area contributed by atoms with Crippen molar-refractivity contribution >= 4 is 16.9 Å². The minimum Gasteiger partial charge on any atom is -0.348 e. The molecule has 1 heterocycles. The number of nitrogens with zero attached hydrogens (tertiary/aromatic N) is 2. The van der Waals surface area contributed by atoms with Crippen molar-refractivity contribution in [1.29, 1.82) is 0 Å². The van der Waals surface area contributed by atoms with Gasteiger partial charge in [-0.3, -0.25) is 9.36 Å². The van der Waals surface area contributed by atoms with Gasteiger partial charge in [-0.2, -0.15) is 0 Å². The van der Waals surface area contributed by atoms with Crippen LogP contribution < -0.4 is 5.32 Å². The number of hydrogen-bond acceptors (Lipinski definition) is 2. The lowest BCUT2D eigenvalue weighted by molar-refractivity contribution is 0.0951. The van der Waals surface area contributed by atoms with Crippen molar-refractivity contribution < 1.29 is 4.79 Å². The molecule has 0 aliphatic heterocycles. The monoisotopic (exact) mass is 369 g/mol.